The molecule has 1 N–H and O–H groups in total. The van der Waals surface area contributed by atoms with Gasteiger partial charge in [-0.1, -0.05) is 29.8 Å². The molecule has 1 heterocycles. The summed E-state index contributed by atoms with van der Waals surface area (Å²) in [6.45, 7) is 0. The summed E-state index contributed by atoms with van der Waals surface area (Å²) in [6.07, 6.45) is 1.55. The number of carbonyl (C=O) groups excluding carboxylic acids is 1. The lowest BCUT2D eigenvalue weighted by Gasteiger charge is -2.11. The lowest BCUT2D eigenvalue weighted by molar-refractivity contribution is 0.102. The zero-order valence-corrected chi connectivity index (χ0v) is 16.3. The van der Waals surface area contributed by atoms with E-state index in [9.17, 15) is 9.59 Å². The summed E-state index contributed by atoms with van der Waals surface area (Å²) in [5, 5.41) is 4.64. The zero-order chi connectivity index (χ0) is 20.4. The van der Waals surface area contributed by atoms with Crippen LogP contribution >= 0.6 is 11.6 Å². The third-order valence-electron chi connectivity index (χ3n) is 4.50. The average Bonchev–Trinajstić information content (AvgIpc) is 2.74. The number of amides is 1. The van der Waals surface area contributed by atoms with E-state index in [2.05, 4.69) is 5.32 Å². The van der Waals surface area contributed by atoms with Crippen molar-refractivity contribution >= 4 is 34.0 Å². The summed E-state index contributed by atoms with van der Waals surface area (Å²) < 4.78 is 7.17. The van der Waals surface area contributed by atoms with Crippen LogP contribution in [0.2, 0.25) is 5.02 Å². The van der Waals surface area contributed by atoms with Gasteiger partial charge in [-0.15, -0.1) is 0 Å². The van der Waals surface area contributed by atoms with Gasteiger partial charge >= 0.3 is 0 Å². The fourth-order valence-electron chi connectivity index (χ4n) is 3.04. The average molecular weight is 405 g/mol. The minimum atomic E-state index is -0.289. The van der Waals surface area contributed by atoms with Crippen molar-refractivity contribution in [1.29, 1.82) is 0 Å². The molecule has 6 heteroatoms. The summed E-state index contributed by atoms with van der Waals surface area (Å²) in [4.78, 5) is 25.1. The van der Waals surface area contributed by atoms with E-state index in [0.717, 1.165) is 0 Å². The van der Waals surface area contributed by atoms with E-state index in [0.29, 0.717) is 38.5 Å². The molecule has 0 fully saturated rings. The highest BCUT2D eigenvalue weighted by atomic mass is 35.5. The molecule has 1 aromatic heterocycles. The molecule has 0 aliphatic carbocycles. The Morgan fingerprint density at radius 1 is 0.897 bits per heavy atom. The van der Waals surface area contributed by atoms with Crippen LogP contribution in [0, 0.1) is 0 Å². The number of hydrogen-bond acceptors (Lipinski definition) is 3. The number of aromatic nitrogens is 1. The highest BCUT2D eigenvalue weighted by Gasteiger charge is 2.14. The molecule has 1 amide bonds. The number of carbonyl (C=O) groups is 1. The maximum atomic E-state index is 12.8. The second-order valence-corrected chi connectivity index (χ2v) is 6.98. The molecule has 5 nitrogen and oxygen atoms in total. The van der Waals surface area contributed by atoms with Crippen LogP contribution in [0.4, 0.5) is 5.69 Å². The summed E-state index contributed by atoms with van der Waals surface area (Å²) in [5.41, 5.74) is 0.918. The molecule has 29 heavy (non-hydrogen) atoms. The summed E-state index contributed by atoms with van der Waals surface area (Å²) >= 11 is 5.87. The number of nitrogens with zero attached hydrogens (tertiary/aromatic N) is 1. The topological polar surface area (TPSA) is 60.3 Å². The predicted molar refractivity (Wildman–Crippen MR) is 115 cm³/mol. The Bertz CT molecular complexity index is 1250. The van der Waals surface area contributed by atoms with Crippen LogP contribution in [0.5, 0.6) is 11.5 Å². The molecule has 3 aromatic carbocycles. The number of hydrogen-bond donors (Lipinski definition) is 1. The molecule has 0 aliphatic heterocycles. The highest BCUT2D eigenvalue weighted by Crippen LogP contribution is 2.25. The summed E-state index contributed by atoms with van der Waals surface area (Å²) in [5.74, 6) is 1.02. The maximum Gasteiger partial charge on any atom is 0.258 e. The molecular weight excluding hydrogens is 388 g/mol. The predicted octanol–water partition coefficient (Wildman–Crippen LogP) is 5.24. The monoisotopic (exact) mass is 404 g/mol. The Labute approximate surface area is 172 Å². The van der Waals surface area contributed by atoms with Crippen LogP contribution in [-0.2, 0) is 7.05 Å². The van der Waals surface area contributed by atoms with Crippen LogP contribution in [-0.4, -0.2) is 10.5 Å². The van der Waals surface area contributed by atoms with Crippen molar-refractivity contribution in [3.8, 4) is 11.5 Å². The first kappa shape index (κ1) is 18.8. The van der Waals surface area contributed by atoms with Gasteiger partial charge in [-0.2, -0.15) is 0 Å². The minimum absolute atomic E-state index is 0.138. The number of ether oxygens (including phenoxy) is 1. The normalized spacial score (nSPS) is 10.7. The Balaban J connectivity index is 1.55. The van der Waals surface area contributed by atoms with E-state index >= 15 is 0 Å². The number of nitrogens with one attached hydrogen (secondary N) is 1. The fraction of sp³-hybridized carbons (Fsp3) is 0.0435. The van der Waals surface area contributed by atoms with Crippen LogP contribution in [0.15, 0.2) is 83.8 Å². The second-order valence-electron chi connectivity index (χ2n) is 6.54. The maximum absolute atomic E-state index is 12.8. The first-order chi connectivity index (χ1) is 14.0. The Kier molecular flexibility index (Phi) is 5.06. The second kappa shape index (κ2) is 7.81. The summed E-state index contributed by atoms with van der Waals surface area (Å²) in [6, 6.07) is 21.2. The Morgan fingerprint density at radius 3 is 2.14 bits per heavy atom. The van der Waals surface area contributed by atoms with Gasteiger partial charge in [-0.3, -0.25) is 9.59 Å². The molecule has 4 rings (SSSR count). The van der Waals surface area contributed by atoms with Gasteiger partial charge in [0.15, 0.2) is 0 Å². The van der Waals surface area contributed by atoms with E-state index in [1.165, 1.54) is 4.57 Å². The first-order valence-corrected chi connectivity index (χ1v) is 9.32. The quantitative estimate of drug-likeness (QED) is 0.506. The zero-order valence-electron chi connectivity index (χ0n) is 15.6. The van der Waals surface area contributed by atoms with Gasteiger partial charge in [0.2, 0.25) is 0 Å². The van der Waals surface area contributed by atoms with Gasteiger partial charge in [0.25, 0.3) is 11.5 Å². The number of fused-ring (bicyclic) bond motifs is 1. The van der Waals surface area contributed by atoms with Crippen molar-refractivity contribution in [3.05, 3.63) is 99.9 Å². The molecule has 0 aliphatic rings. The van der Waals surface area contributed by atoms with E-state index in [4.69, 9.17) is 16.3 Å². The van der Waals surface area contributed by atoms with E-state index in [-0.39, 0.29) is 11.5 Å². The number of rotatable bonds is 4. The number of benzene rings is 3. The molecular formula is C23H17ClN2O3. The Hall–Kier alpha value is -3.57. The lowest BCUT2D eigenvalue weighted by Crippen LogP contribution is -2.21. The van der Waals surface area contributed by atoms with E-state index < -0.39 is 0 Å². The highest BCUT2D eigenvalue weighted by molar-refractivity contribution is 6.30. The van der Waals surface area contributed by atoms with Crippen molar-refractivity contribution in [2.24, 2.45) is 7.05 Å². The smallest absolute Gasteiger partial charge is 0.258 e. The van der Waals surface area contributed by atoms with Crippen molar-refractivity contribution < 1.29 is 9.53 Å². The van der Waals surface area contributed by atoms with Gasteiger partial charge < -0.3 is 14.6 Å². The van der Waals surface area contributed by atoms with Crippen LogP contribution in [0.25, 0.3) is 10.8 Å². The van der Waals surface area contributed by atoms with E-state index in [1.807, 2.05) is 0 Å². The van der Waals surface area contributed by atoms with Gasteiger partial charge in [-0.25, -0.2) is 0 Å². The standard InChI is InChI=1S/C23H17ClN2O3/c1-26-14-21(19-4-2-3-5-20(19)23(26)28)22(27)25-16-8-12-18(13-9-16)29-17-10-6-15(24)7-11-17/h2-14H,1H3,(H,25,27). The van der Waals surface area contributed by atoms with Crippen molar-refractivity contribution in [1.82, 2.24) is 4.57 Å². The number of aryl methyl sites for hydroxylation is 1. The molecule has 0 atom stereocenters. The SMILES string of the molecule is Cn1cc(C(=O)Nc2ccc(Oc3ccc(Cl)cc3)cc2)c2ccccc2c1=O. The molecule has 0 saturated heterocycles. The Morgan fingerprint density at radius 2 is 1.48 bits per heavy atom. The number of anilines is 1. The van der Waals surface area contributed by atoms with Crippen LogP contribution in [0.1, 0.15) is 10.4 Å². The van der Waals surface area contributed by atoms with Gasteiger partial charge in [0, 0.05) is 34.7 Å². The van der Waals surface area contributed by atoms with E-state index in [1.54, 1.807) is 86.0 Å². The van der Waals surface area contributed by atoms with Crippen molar-refractivity contribution in [2.45, 2.75) is 0 Å². The lowest BCUT2D eigenvalue weighted by atomic mass is 10.1. The summed E-state index contributed by atoms with van der Waals surface area (Å²) in [7, 11) is 1.63. The van der Waals surface area contributed by atoms with Gasteiger partial charge in [-0.05, 0) is 54.6 Å². The third-order valence-corrected chi connectivity index (χ3v) is 4.75. The molecule has 0 radical (unpaired) electrons. The minimum Gasteiger partial charge on any atom is -0.457 e. The molecule has 144 valence electrons. The van der Waals surface area contributed by atoms with Crippen molar-refractivity contribution in [3.63, 3.8) is 0 Å². The molecule has 0 spiro atoms. The number of halogens is 1. The molecule has 4 aromatic rings. The van der Waals surface area contributed by atoms with Crippen LogP contribution < -0.4 is 15.6 Å². The molecule has 0 unspecified atom stereocenters. The molecule has 0 saturated carbocycles. The van der Waals surface area contributed by atoms with Crippen LogP contribution in [0.3, 0.4) is 0 Å². The van der Waals surface area contributed by atoms with Gasteiger partial charge in [0.1, 0.15) is 11.5 Å². The van der Waals surface area contributed by atoms with Crippen molar-refractivity contribution in [2.75, 3.05) is 5.32 Å². The van der Waals surface area contributed by atoms with Gasteiger partial charge in [0.05, 0.1) is 5.56 Å². The number of pyridine rings is 1. The fourth-order valence-corrected chi connectivity index (χ4v) is 3.17. The first-order valence-electron chi connectivity index (χ1n) is 8.94. The third kappa shape index (κ3) is 4.00. The molecule has 0 bridgehead atoms. The largest absolute Gasteiger partial charge is 0.457 e.